The van der Waals surface area contributed by atoms with Crippen molar-refractivity contribution in [2.45, 2.75) is 25.6 Å². The third kappa shape index (κ3) is 4.52. The monoisotopic (exact) mass is 450 g/mol. The lowest BCUT2D eigenvalue weighted by molar-refractivity contribution is 0.340. The molecule has 148 valence electrons. The summed E-state index contributed by atoms with van der Waals surface area (Å²) in [6.07, 6.45) is 0.489. The van der Waals surface area contributed by atoms with Gasteiger partial charge in [-0.15, -0.1) is 0 Å². The Balaban J connectivity index is 1.72. The third-order valence-corrected chi connectivity index (χ3v) is 5.51. The molecule has 1 aliphatic heterocycles. The van der Waals surface area contributed by atoms with Crippen molar-refractivity contribution in [1.29, 1.82) is 0 Å². The Morgan fingerprint density at radius 1 is 1.07 bits per heavy atom. The Hall–Kier alpha value is -2.63. The summed E-state index contributed by atoms with van der Waals surface area (Å²) >= 11 is 3.55. The number of hydrogen-bond donors (Lipinski definition) is 2. The minimum Gasteiger partial charge on any atom is -0.508 e. The Morgan fingerprint density at radius 2 is 1.86 bits per heavy atom. The van der Waals surface area contributed by atoms with Crippen LogP contribution in [0.2, 0.25) is 0 Å². The van der Waals surface area contributed by atoms with Gasteiger partial charge >= 0.3 is 0 Å². The summed E-state index contributed by atoms with van der Waals surface area (Å²) in [7, 11) is 0. The number of phenolic OH excluding ortho intramolecular Hbond substituents is 1. The van der Waals surface area contributed by atoms with E-state index in [2.05, 4.69) is 45.5 Å². The number of benzene rings is 3. The van der Waals surface area contributed by atoms with Crippen LogP contribution in [0.15, 0.2) is 82.3 Å². The highest BCUT2D eigenvalue weighted by Crippen LogP contribution is 2.35. The number of aliphatic imine (C=N–C) groups is 1. The molecular weight excluding hydrogens is 428 g/mol. The van der Waals surface area contributed by atoms with Crippen molar-refractivity contribution in [3.63, 3.8) is 0 Å². The average molecular weight is 451 g/mol. The molecular formula is C24H23BrN2O2. The third-order valence-electron chi connectivity index (χ3n) is 5.02. The fourth-order valence-electron chi connectivity index (χ4n) is 3.62. The molecule has 0 aromatic heterocycles. The van der Waals surface area contributed by atoms with Crippen LogP contribution in [0.5, 0.6) is 11.5 Å². The van der Waals surface area contributed by atoms with Gasteiger partial charge in [-0.1, -0.05) is 46.3 Å². The van der Waals surface area contributed by atoms with Crippen LogP contribution in [0.3, 0.4) is 0 Å². The normalized spacial score (nSPS) is 18.9. The van der Waals surface area contributed by atoms with Crippen LogP contribution in [0.4, 0.5) is 0 Å². The van der Waals surface area contributed by atoms with E-state index in [1.807, 2.05) is 49.4 Å². The van der Waals surface area contributed by atoms with E-state index < -0.39 is 0 Å². The fourth-order valence-corrected chi connectivity index (χ4v) is 4.04. The van der Waals surface area contributed by atoms with Gasteiger partial charge in [0, 0.05) is 28.2 Å². The molecule has 3 aromatic rings. The van der Waals surface area contributed by atoms with Crippen molar-refractivity contribution in [2.75, 3.05) is 6.61 Å². The van der Waals surface area contributed by atoms with Crippen molar-refractivity contribution in [1.82, 2.24) is 5.32 Å². The van der Waals surface area contributed by atoms with Crippen LogP contribution in [-0.2, 0) is 0 Å². The highest BCUT2D eigenvalue weighted by Gasteiger charge is 2.27. The minimum atomic E-state index is -0.201. The summed E-state index contributed by atoms with van der Waals surface area (Å²) in [5.74, 6) is 1.15. The molecule has 0 saturated heterocycles. The summed E-state index contributed by atoms with van der Waals surface area (Å²) in [5.41, 5.74) is 4.02. The maximum absolute atomic E-state index is 10.4. The van der Waals surface area contributed by atoms with Crippen LogP contribution in [-0.4, -0.2) is 17.4 Å². The van der Waals surface area contributed by atoms with Crippen molar-refractivity contribution < 1.29 is 9.84 Å². The lowest BCUT2D eigenvalue weighted by Crippen LogP contribution is -2.33. The van der Waals surface area contributed by atoms with E-state index in [9.17, 15) is 5.11 Å². The molecule has 2 N–H and O–H groups in total. The minimum absolute atomic E-state index is 0.0424. The van der Waals surface area contributed by atoms with Gasteiger partial charge in [0.1, 0.15) is 17.7 Å². The second-order valence-corrected chi connectivity index (χ2v) is 7.89. The number of phenols is 1. The first-order valence-corrected chi connectivity index (χ1v) is 10.5. The lowest BCUT2D eigenvalue weighted by Gasteiger charge is -2.31. The molecule has 1 heterocycles. The number of para-hydroxylation sites is 1. The molecule has 2 atom stereocenters. The fraction of sp³-hybridized carbons (Fsp3) is 0.208. The Morgan fingerprint density at radius 3 is 2.59 bits per heavy atom. The SMILES string of the molecule is CCOc1ccc(C2=N[C@H](c3cccc(Br)c3)N[C@H](c3ccccc3O)C2)cc1. The van der Waals surface area contributed by atoms with Crippen LogP contribution in [0.25, 0.3) is 0 Å². The summed E-state index contributed by atoms with van der Waals surface area (Å²) in [6, 6.07) is 23.7. The first-order chi connectivity index (χ1) is 14.1. The Kier molecular flexibility index (Phi) is 5.97. The van der Waals surface area contributed by atoms with Gasteiger partial charge in [-0.2, -0.15) is 0 Å². The first-order valence-electron chi connectivity index (χ1n) is 9.73. The number of aromatic hydroxyl groups is 1. The molecule has 5 heteroatoms. The van der Waals surface area contributed by atoms with Gasteiger partial charge in [-0.3, -0.25) is 10.3 Å². The number of rotatable bonds is 5. The maximum Gasteiger partial charge on any atom is 0.126 e. The quantitative estimate of drug-likeness (QED) is 0.518. The van der Waals surface area contributed by atoms with E-state index in [1.165, 1.54) is 0 Å². The zero-order valence-corrected chi connectivity index (χ0v) is 17.8. The predicted octanol–water partition coefficient (Wildman–Crippen LogP) is 5.78. The second-order valence-electron chi connectivity index (χ2n) is 6.97. The number of ether oxygens (including phenoxy) is 1. The number of nitrogens with zero attached hydrogens (tertiary/aromatic N) is 1. The van der Waals surface area contributed by atoms with Gasteiger partial charge < -0.3 is 9.84 Å². The molecule has 0 spiro atoms. The highest BCUT2D eigenvalue weighted by atomic mass is 79.9. The van der Waals surface area contributed by atoms with Gasteiger partial charge in [0.05, 0.1) is 6.61 Å². The molecule has 3 aromatic carbocycles. The van der Waals surface area contributed by atoms with E-state index in [-0.39, 0.29) is 12.2 Å². The summed E-state index contributed by atoms with van der Waals surface area (Å²) in [4.78, 5) is 5.01. The van der Waals surface area contributed by atoms with E-state index in [1.54, 1.807) is 6.07 Å². The first kappa shape index (κ1) is 19.7. The molecule has 0 saturated carbocycles. The van der Waals surface area contributed by atoms with E-state index in [0.29, 0.717) is 18.8 Å². The molecule has 0 unspecified atom stereocenters. The van der Waals surface area contributed by atoms with Crippen molar-refractivity contribution in [3.8, 4) is 11.5 Å². The van der Waals surface area contributed by atoms with Gasteiger partial charge in [0.25, 0.3) is 0 Å². The van der Waals surface area contributed by atoms with Crippen LogP contribution < -0.4 is 10.1 Å². The highest BCUT2D eigenvalue weighted by molar-refractivity contribution is 9.10. The molecule has 0 bridgehead atoms. The van der Waals surface area contributed by atoms with Crippen LogP contribution in [0.1, 0.15) is 42.2 Å². The van der Waals surface area contributed by atoms with Crippen LogP contribution >= 0.6 is 15.9 Å². The zero-order chi connectivity index (χ0) is 20.2. The van der Waals surface area contributed by atoms with Gasteiger partial charge in [-0.25, -0.2) is 0 Å². The summed E-state index contributed by atoms with van der Waals surface area (Å²) < 4.78 is 6.58. The van der Waals surface area contributed by atoms with E-state index >= 15 is 0 Å². The van der Waals surface area contributed by atoms with Gasteiger partial charge in [-0.05, 0) is 60.5 Å². The molecule has 0 amide bonds. The van der Waals surface area contributed by atoms with Crippen molar-refractivity contribution >= 4 is 21.6 Å². The van der Waals surface area contributed by atoms with E-state index in [4.69, 9.17) is 9.73 Å². The number of hydrogen-bond acceptors (Lipinski definition) is 4. The summed E-state index contributed by atoms with van der Waals surface area (Å²) in [5, 5.41) is 14.0. The van der Waals surface area contributed by atoms with Gasteiger partial charge in [0.15, 0.2) is 0 Å². The predicted molar refractivity (Wildman–Crippen MR) is 120 cm³/mol. The van der Waals surface area contributed by atoms with Crippen molar-refractivity contribution in [2.24, 2.45) is 4.99 Å². The largest absolute Gasteiger partial charge is 0.508 e. The number of nitrogens with one attached hydrogen (secondary N) is 1. The maximum atomic E-state index is 10.4. The molecule has 29 heavy (non-hydrogen) atoms. The zero-order valence-electron chi connectivity index (χ0n) is 16.2. The van der Waals surface area contributed by atoms with Crippen molar-refractivity contribution in [3.05, 3.63) is 94.0 Å². The second kappa shape index (κ2) is 8.80. The smallest absolute Gasteiger partial charge is 0.126 e. The molecule has 0 radical (unpaired) electrons. The molecule has 4 nitrogen and oxygen atoms in total. The molecule has 0 fully saturated rings. The standard InChI is InChI=1S/C24H23BrN2O2/c1-2-29-19-12-10-16(11-13-19)21-15-22(20-8-3-4-9-23(20)28)27-24(26-21)17-6-5-7-18(25)14-17/h3-14,22,24,27-28H,2,15H2,1H3/t22-,24-/m0/s1. The molecule has 0 aliphatic carbocycles. The summed E-state index contributed by atoms with van der Waals surface area (Å²) in [6.45, 7) is 2.62. The van der Waals surface area contributed by atoms with Crippen LogP contribution in [0, 0.1) is 0 Å². The van der Waals surface area contributed by atoms with E-state index in [0.717, 1.165) is 32.6 Å². The topological polar surface area (TPSA) is 53.8 Å². The average Bonchev–Trinajstić information content (AvgIpc) is 2.74. The number of halogens is 1. The molecule has 4 rings (SSSR count). The molecule has 1 aliphatic rings. The van der Waals surface area contributed by atoms with Gasteiger partial charge in [0.2, 0.25) is 0 Å². The Bertz CT molecular complexity index is 1020. The Labute approximate surface area is 179 Å². The lowest BCUT2D eigenvalue weighted by atomic mass is 9.93.